The van der Waals surface area contributed by atoms with Crippen LogP contribution in [0.4, 0.5) is 10.5 Å². The minimum Gasteiger partial charge on any atom is -0.481 e. The predicted molar refractivity (Wildman–Crippen MR) is 133 cm³/mol. The highest BCUT2D eigenvalue weighted by Gasteiger charge is 2.29. The molecule has 1 atom stereocenters. The van der Waals surface area contributed by atoms with Crippen LogP contribution in [0, 0.1) is 0 Å². The number of rotatable bonds is 9. The van der Waals surface area contributed by atoms with Crippen LogP contribution in [0.5, 0.6) is 0 Å². The number of alkyl carbamates (subject to hydrolysis) is 1. The minimum atomic E-state index is -0.847. The molecule has 1 aliphatic rings. The first-order valence-electron chi connectivity index (χ1n) is 11.6. The summed E-state index contributed by atoms with van der Waals surface area (Å²) >= 11 is 0. The van der Waals surface area contributed by atoms with Gasteiger partial charge >= 0.3 is 12.1 Å². The number of hydrogen-bond acceptors (Lipinski definition) is 4. The number of aliphatic carboxylic acids is 1. The molecule has 2 amide bonds. The van der Waals surface area contributed by atoms with Gasteiger partial charge in [-0.05, 0) is 53.3 Å². The molecular weight excluding hydrogens is 444 g/mol. The first-order chi connectivity index (χ1) is 16.9. The third-order valence-corrected chi connectivity index (χ3v) is 6.06. The summed E-state index contributed by atoms with van der Waals surface area (Å²) in [5, 5.41) is 14.3. The lowest BCUT2D eigenvalue weighted by Crippen LogP contribution is -2.36. The number of benzene rings is 3. The monoisotopic (exact) mass is 472 g/mol. The number of carbonyl (C=O) groups is 3. The van der Waals surface area contributed by atoms with Gasteiger partial charge in [0.25, 0.3) is 0 Å². The molecule has 0 aliphatic heterocycles. The first kappa shape index (κ1) is 24.0. The van der Waals surface area contributed by atoms with Gasteiger partial charge in [0.15, 0.2) is 0 Å². The third-order valence-electron chi connectivity index (χ3n) is 6.06. The van der Waals surface area contributed by atoms with Crippen LogP contribution in [-0.2, 0) is 20.7 Å². The van der Waals surface area contributed by atoms with Crippen LogP contribution < -0.4 is 10.6 Å². The smallest absolute Gasteiger partial charge is 0.407 e. The molecule has 3 N–H and O–H groups in total. The average molecular weight is 473 g/mol. The Labute approximate surface area is 204 Å². The third kappa shape index (κ3) is 6.06. The first-order valence-corrected chi connectivity index (χ1v) is 11.6. The number of nitrogens with one attached hydrogen (secondary N) is 2. The molecule has 3 aromatic carbocycles. The molecule has 0 unspecified atom stereocenters. The Morgan fingerprint density at radius 3 is 2.11 bits per heavy atom. The summed E-state index contributed by atoms with van der Waals surface area (Å²) in [7, 11) is 0. The molecule has 180 valence electrons. The topological polar surface area (TPSA) is 105 Å². The van der Waals surface area contributed by atoms with Crippen molar-refractivity contribution >= 4 is 23.7 Å². The molecule has 0 spiro atoms. The van der Waals surface area contributed by atoms with Crippen LogP contribution >= 0.6 is 0 Å². The van der Waals surface area contributed by atoms with Gasteiger partial charge in [-0.3, -0.25) is 9.59 Å². The van der Waals surface area contributed by atoms with Crippen molar-refractivity contribution in [1.29, 1.82) is 0 Å². The number of ether oxygens (including phenoxy) is 1. The van der Waals surface area contributed by atoms with Crippen LogP contribution in [0.3, 0.4) is 0 Å². The number of carboxylic acids is 1. The summed E-state index contributed by atoms with van der Waals surface area (Å²) in [5.41, 5.74) is 6.11. The summed E-state index contributed by atoms with van der Waals surface area (Å²) in [5.74, 6) is -1.11. The fraction of sp³-hybridized carbons (Fsp3) is 0.250. The summed E-state index contributed by atoms with van der Waals surface area (Å²) in [6.07, 6.45) is 0.0235. The minimum absolute atomic E-state index is 0.0229. The highest BCUT2D eigenvalue weighted by molar-refractivity contribution is 5.91. The van der Waals surface area contributed by atoms with E-state index in [1.54, 1.807) is 31.2 Å². The molecule has 7 nitrogen and oxygen atoms in total. The van der Waals surface area contributed by atoms with Crippen LogP contribution in [0.1, 0.15) is 42.4 Å². The Morgan fingerprint density at radius 2 is 1.51 bits per heavy atom. The van der Waals surface area contributed by atoms with Gasteiger partial charge in [-0.15, -0.1) is 0 Å². The molecular formula is C28H28N2O5. The van der Waals surface area contributed by atoms with Crippen molar-refractivity contribution in [3.05, 3.63) is 89.5 Å². The molecule has 0 saturated carbocycles. The second kappa shape index (κ2) is 10.9. The van der Waals surface area contributed by atoms with Crippen LogP contribution in [0.15, 0.2) is 72.8 Å². The number of carboxylic acid groups (broad SMARTS) is 1. The quantitative estimate of drug-likeness (QED) is 0.408. The van der Waals surface area contributed by atoms with Crippen LogP contribution in [0.2, 0.25) is 0 Å². The normalized spacial score (nSPS) is 12.8. The van der Waals surface area contributed by atoms with Gasteiger partial charge < -0.3 is 20.5 Å². The van der Waals surface area contributed by atoms with E-state index < -0.39 is 18.1 Å². The Hall–Kier alpha value is -4.13. The highest BCUT2D eigenvalue weighted by Crippen LogP contribution is 2.44. The maximum atomic E-state index is 12.4. The standard InChI is InChI=1S/C28H28N2O5/c1-18(16-26(31)30-20-13-10-19(11-14-20)12-15-27(32)33)29-28(34)35-17-25-23-8-4-2-6-21(23)22-7-3-5-9-24(22)25/h2-11,13-14,18,25H,12,15-17H2,1H3,(H,29,34)(H,30,31)(H,32,33)/t18-/m1/s1. The van der Waals surface area contributed by atoms with E-state index in [1.165, 1.54) is 0 Å². The van der Waals surface area contributed by atoms with Gasteiger partial charge in [0.05, 0.1) is 0 Å². The van der Waals surface area contributed by atoms with E-state index in [2.05, 4.69) is 34.9 Å². The molecule has 0 aromatic heterocycles. The van der Waals surface area contributed by atoms with E-state index in [-0.39, 0.29) is 31.3 Å². The maximum absolute atomic E-state index is 12.4. The Bertz CT molecular complexity index is 1180. The van der Waals surface area contributed by atoms with Crippen molar-refractivity contribution in [2.45, 2.75) is 38.1 Å². The number of aryl methyl sites for hydroxylation is 1. The van der Waals surface area contributed by atoms with Gasteiger partial charge in [0, 0.05) is 30.5 Å². The molecule has 7 heteroatoms. The van der Waals surface area contributed by atoms with Gasteiger partial charge in [-0.25, -0.2) is 4.79 Å². The lowest BCUT2D eigenvalue weighted by atomic mass is 9.98. The van der Waals surface area contributed by atoms with Crippen molar-refractivity contribution in [3.63, 3.8) is 0 Å². The Kier molecular flexibility index (Phi) is 7.45. The van der Waals surface area contributed by atoms with E-state index >= 15 is 0 Å². The molecule has 1 aliphatic carbocycles. The number of amides is 2. The lowest BCUT2D eigenvalue weighted by molar-refractivity contribution is -0.137. The van der Waals surface area contributed by atoms with E-state index in [0.717, 1.165) is 27.8 Å². The molecule has 0 heterocycles. The fourth-order valence-corrected chi connectivity index (χ4v) is 4.39. The van der Waals surface area contributed by atoms with Crippen LogP contribution in [0.25, 0.3) is 11.1 Å². The van der Waals surface area contributed by atoms with Gasteiger partial charge in [0.1, 0.15) is 6.61 Å². The van der Waals surface area contributed by atoms with E-state index in [1.807, 2.05) is 24.3 Å². The average Bonchev–Trinajstić information content (AvgIpc) is 3.16. The fourth-order valence-electron chi connectivity index (χ4n) is 4.39. The number of anilines is 1. The van der Waals surface area contributed by atoms with Crippen molar-refractivity contribution in [3.8, 4) is 11.1 Å². The van der Waals surface area contributed by atoms with Crippen molar-refractivity contribution in [1.82, 2.24) is 5.32 Å². The number of fused-ring (bicyclic) bond motifs is 3. The van der Waals surface area contributed by atoms with Crippen molar-refractivity contribution in [2.75, 3.05) is 11.9 Å². The van der Waals surface area contributed by atoms with Crippen LogP contribution in [-0.4, -0.2) is 35.7 Å². The van der Waals surface area contributed by atoms with Gasteiger partial charge in [0.2, 0.25) is 5.91 Å². The molecule has 35 heavy (non-hydrogen) atoms. The maximum Gasteiger partial charge on any atom is 0.407 e. The number of hydrogen-bond donors (Lipinski definition) is 3. The number of carbonyl (C=O) groups excluding carboxylic acids is 2. The zero-order valence-corrected chi connectivity index (χ0v) is 19.5. The zero-order chi connectivity index (χ0) is 24.8. The zero-order valence-electron chi connectivity index (χ0n) is 19.5. The van der Waals surface area contributed by atoms with Gasteiger partial charge in [-0.2, -0.15) is 0 Å². The summed E-state index contributed by atoms with van der Waals surface area (Å²) in [4.78, 5) is 35.5. The predicted octanol–water partition coefficient (Wildman–Crippen LogP) is 4.96. The summed E-state index contributed by atoms with van der Waals surface area (Å²) < 4.78 is 5.54. The van der Waals surface area contributed by atoms with Gasteiger partial charge in [-0.1, -0.05) is 60.7 Å². The molecule has 0 saturated heterocycles. The van der Waals surface area contributed by atoms with Crippen molar-refractivity contribution < 1.29 is 24.2 Å². The van der Waals surface area contributed by atoms with E-state index in [9.17, 15) is 14.4 Å². The summed E-state index contributed by atoms with van der Waals surface area (Å²) in [6.45, 7) is 1.96. The van der Waals surface area contributed by atoms with E-state index in [4.69, 9.17) is 9.84 Å². The highest BCUT2D eigenvalue weighted by atomic mass is 16.5. The summed E-state index contributed by atoms with van der Waals surface area (Å²) in [6, 6.07) is 22.9. The Balaban J connectivity index is 1.25. The van der Waals surface area contributed by atoms with Crippen molar-refractivity contribution in [2.24, 2.45) is 0 Å². The largest absolute Gasteiger partial charge is 0.481 e. The molecule has 4 rings (SSSR count). The molecule has 3 aromatic rings. The van der Waals surface area contributed by atoms with E-state index in [0.29, 0.717) is 12.1 Å². The SMILES string of the molecule is C[C@H](CC(=O)Nc1ccc(CCC(=O)O)cc1)NC(=O)OCC1c2ccccc2-c2ccccc21. The lowest BCUT2D eigenvalue weighted by Gasteiger charge is -2.17. The second-order valence-corrected chi connectivity index (χ2v) is 8.71. The Morgan fingerprint density at radius 1 is 0.914 bits per heavy atom. The second-order valence-electron chi connectivity index (χ2n) is 8.71. The molecule has 0 bridgehead atoms. The molecule has 0 radical (unpaired) electrons. The molecule has 0 fully saturated rings.